The Bertz CT molecular complexity index is 1270. The molecule has 0 fully saturated rings. The van der Waals surface area contributed by atoms with Crippen LogP contribution < -0.4 is 10.6 Å². The van der Waals surface area contributed by atoms with Crippen molar-refractivity contribution in [1.29, 1.82) is 0 Å². The first kappa shape index (κ1) is 22.0. The molecule has 3 aromatic carbocycles. The minimum Gasteiger partial charge on any atom is -0.341 e. The van der Waals surface area contributed by atoms with Gasteiger partial charge < -0.3 is 10.6 Å². The molecule has 2 amide bonds. The van der Waals surface area contributed by atoms with Crippen LogP contribution in [0.5, 0.6) is 0 Å². The standard InChI is InChI=1S/C21H10BrCl3F2N2O2/c22-8-3-12-17(19(29-20(12)30)11-7-10(26)1-2-14(11)24)16(4-8)28-21(31)13-5-9(23)6-15(27)18(13)25/h1-7,19H,(H,28,31)(H,29,30). The van der Waals surface area contributed by atoms with E-state index in [0.717, 1.165) is 6.07 Å². The summed E-state index contributed by atoms with van der Waals surface area (Å²) in [4.78, 5) is 25.4. The lowest BCUT2D eigenvalue weighted by Crippen LogP contribution is -2.21. The van der Waals surface area contributed by atoms with Gasteiger partial charge in [-0.1, -0.05) is 50.7 Å². The van der Waals surface area contributed by atoms with Gasteiger partial charge >= 0.3 is 0 Å². The molecular formula is C21H10BrCl3F2N2O2. The second-order valence-electron chi connectivity index (χ2n) is 6.69. The van der Waals surface area contributed by atoms with E-state index in [4.69, 9.17) is 34.8 Å². The minimum atomic E-state index is -0.847. The highest BCUT2D eigenvalue weighted by Crippen LogP contribution is 2.41. The van der Waals surface area contributed by atoms with Crippen LogP contribution >= 0.6 is 50.7 Å². The third kappa shape index (κ3) is 4.15. The van der Waals surface area contributed by atoms with Crippen LogP contribution in [0.3, 0.4) is 0 Å². The highest BCUT2D eigenvalue weighted by Gasteiger charge is 2.34. The van der Waals surface area contributed by atoms with Crippen molar-refractivity contribution in [1.82, 2.24) is 5.32 Å². The molecular weight excluding hydrogens is 537 g/mol. The van der Waals surface area contributed by atoms with Crippen molar-refractivity contribution < 1.29 is 18.4 Å². The fourth-order valence-electron chi connectivity index (χ4n) is 3.38. The van der Waals surface area contributed by atoms with E-state index in [9.17, 15) is 18.4 Å². The first-order chi connectivity index (χ1) is 14.7. The van der Waals surface area contributed by atoms with Gasteiger partial charge in [-0.3, -0.25) is 9.59 Å². The van der Waals surface area contributed by atoms with Crippen LogP contribution in [0.2, 0.25) is 15.1 Å². The first-order valence-corrected chi connectivity index (χ1v) is 10.6. The average Bonchev–Trinajstić information content (AvgIpc) is 3.03. The number of fused-ring (bicyclic) bond motifs is 1. The summed E-state index contributed by atoms with van der Waals surface area (Å²) < 4.78 is 28.3. The lowest BCUT2D eigenvalue weighted by atomic mass is 9.96. The Morgan fingerprint density at radius 3 is 2.55 bits per heavy atom. The summed E-state index contributed by atoms with van der Waals surface area (Å²) in [5.41, 5.74) is 1.01. The van der Waals surface area contributed by atoms with Crippen molar-refractivity contribution in [3.63, 3.8) is 0 Å². The molecule has 0 bridgehead atoms. The molecule has 3 aromatic rings. The molecule has 0 radical (unpaired) electrons. The zero-order chi connectivity index (χ0) is 22.4. The molecule has 4 nitrogen and oxygen atoms in total. The third-order valence-electron chi connectivity index (χ3n) is 4.71. The van der Waals surface area contributed by atoms with Gasteiger partial charge in [0.25, 0.3) is 11.8 Å². The molecule has 1 atom stereocenters. The van der Waals surface area contributed by atoms with Crippen molar-refractivity contribution in [3.05, 3.63) is 95.9 Å². The summed E-state index contributed by atoms with van der Waals surface area (Å²) in [6, 6.07) is 8.31. The summed E-state index contributed by atoms with van der Waals surface area (Å²) in [6.07, 6.45) is 0. The van der Waals surface area contributed by atoms with Gasteiger partial charge in [-0.2, -0.15) is 0 Å². The van der Waals surface area contributed by atoms with Crippen molar-refractivity contribution in [2.45, 2.75) is 6.04 Å². The highest BCUT2D eigenvalue weighted by atomic mass is 79.9. The van der Waals surface area contributed by atoms with Crippen LogP contribution in [0.15, 0.2) is 46.9 Å². The van der Waals surface area contributed by atoms with Gasteiger partial charge in [-0.05, 0) is 42.5 Å². The van der Waals surface area contributed by atoms with E-state index in [1.165, 1.54) is 24.3 Å². The van der Waals surface area contributed by atoms with Crippen LogP contribution in [-0.4, -0.2) is 11.8 Å². The molecule has 10 heteroatoms. The van der Waals surface area contributed by atoms with E-state index in [0.29, 0.717) is 15.6 Å². The SMILES string of the molecule is O=C(Nc1cc(Br)cc2c1C(c1cc(F)ccc1Cl)NC2=O)c1cc(Cl)cc(F)c1Cl. The number of halogens is 6. The van der Waals surface area contributed by atoms with Gasteiger partial charge in [0.1, 0.15) is 11.6 Å². The van der Waals surface area contributed by atoms with Gasteiger partial charge in [-0.25, -0.2) is 8.78 Å². The maximum Gasteiger partial charge on any atom is 0.257 e. The number of hydrogen-bond acceptors (Lipinski definition) is 2. The molecule has 2 N–H and O–H groups in total. The van der Waals surface area contributed by atoms with E-state index in [1.54, 1.807) is 12.1 Å². The Morgan fingerprint density at radius 1 is 1.06 bits per heavy atom. The lowest BCUT2D eigenvalue weighted by molar-refractivity contribution is 0.0959. The molecule has 1 aliphatic rings. The van der Waals surface area contributed by atoms with Crippen LogP contribution in [-0.2, 0) is 0 Å². The number of amides is 2. The Morgan fingerprint density at radius 2 is 1.81 bits per heavy atom. The van der Waals surface area contributed by atoms with Crippen LogP contribution in [0.1, 0.15) is 37.9 Å². The maximum absolute atomic E-state index is 13.9. The Labute approximate surface area is 198 Å². The molecule has 0 aromatic heterocycles. The molecule has 0 saturated carbocycles. The number of carbonyl (C=O) groups excluding carboxylic acids is 2. The Hall–Kier alpha value is -2.19. The van der Waals surface area contributed by atoms with Gasteiger partial charge in [0.2, 0.25) is 0 Å². The molecule has 0 aliphatic carbocycles. The zero-order valence-corrected chi connectivity index (χ0v) is 19.1. The maximum atomic E-state index is 13.9. The molecule has 0 saturated heterocycles. The summed E-state index contributed by atoms with van der Waals surface area (Å²) in [5.74, 6) is -2.55. The number of nitrogens with one attached hydrogen (secondary N) is 2. The van der Waals surface area contributed by atoms with Crippen molar-refractivity contribution >= 4 is 68.2 Å². The van der Waals surface area contributed by atoms with E-state index >= 15 is 0 Å². The fourth-order valence-corrected chi connectivity index (χ4v) is 4.47. The predicted octanol–water partition coefficient (Wildman–Crippen LogP) is 6.77. The van der Waals surface area contributed by atoms with E-state index < -0.39 is 34.5 Å². The Balaban J connectivity index is 1.82. The predicted molar refractivity (Wildman–Crippen MR) is 119 cm³/mol. The van der Waals surface area contributed by atoms with Gasteiger partial charge in [0.15, 0.2) is 0 Å². The molecule has 1 heterocycles. The molecule has 31 heavy (non-hydrogen) atoms. The number of carbonyl (C=O) groups is 2. The highest BCUT2D eigenvalue weighted by molar-refractivity contribution is 9.10. The summed E-state index contributed by atoms with van der Waals surface area (Å²) in [6.45, 7) is 0. The van der Waals surface area contributed by atoms with Crippen molar-refractivity contribution in [2.24, 2.45) is 0 Å². The summed E-state index contributed by atoms with van der Waals surface area (Å²) in [7, 11) is 0. The largest absolute Gasteiger partial charge is 0.341 e. The average molecular weight is 547 g/mol. The third-order valence-corrected chi connectivity index (χ3v) is 6.11. The summed E-state index contributed by atoms with van der Waals surface area (Å²) in [5, 5.41) is 5.22. The molecule has 158 valence electrons. The van der Waals surface area contributed by atoms with Gasteiger partial charge in [0, 0.05) is 36.9 Å². The molecule has 1 aliphatic heterocycles. The van der Waals surface area contributed by atoms with Crippen molar-refractivity contribution in [3.8, 4) is 0 Å². The van der Waals surface area contributed by atoms with E-state index in [-0.39, 0.29) is 26.9 Å². The number of anilines is 1. The second kappa shape index (κ2) is 8.39. The van der Waals surface area contributed by atoms with Crippen molar-refractivity contribution in [2.75, 3.05) is 5.32 Å². The van der Waals surface area contributed by atoms with Gasteiger partial charge in [0.05, 0.1) is 16.6 Å². The Kier molecular flexibility index (Phi) is 5.96. The lowest BCUT2D eigenvalue weighted by Gasteiger charge is -2.18. The molecule has 1 unspecified atom stereocenters. The topological polar surface area (TPSA) is 58.2 Å². The van der Waals surface area contributed by atoms with Gasteiger partial charge in [-0.15, -0.1) is 0 Å². The summed E-state index contributed by atoms with van der Waals surface area (Å²) >= 11 is 21.3. The minimum absolute atomic E-state index is 0.00668. The van der Waals surface area contributed by atoms with E-state index in [2.05, 4.69) is 26.6 Å². The van der Waals surface area contributed by atoms with Crippen LogP contribution in [0.4, 0.5) is 14.5 Å². The zero-order valence-electron chi connectivity index (χ0n) is 15.2. The second-order valence-corrected chi connectivity index (χ2v) is 8.83. The van der Waals surface area contributed by atoms with E-state index in [1.807, 2.05) is 0 Å². The quantitative estimate of drug-likeness (QED) is 0.356. The monoisotopic (exact) mass is 544 g/mol. The van der Waals surface area contributed by atoms with Crippen LogP contribution in [0.25, 0.3) is 0 Å². The number of hydrogen-bond donors (Lipinski definition) is 2. The normalized spacial score (nSPS) is 14.9. The number of rotatable bonds is 3. The molecule has 4 rings (SSSR count). The van der Waals surface area contributed by atoms with Crippen LogP contribution in [0, 0.1) is 11.6 Å². The molecule has 0 spiro atoms. The smallest absolute Gasteiger partial charge is 0.257 e. The first-order valence-electron chi connectivity index (χ1n) is 8.71. The number of benzene rings is 3. The fraction of sp³-hybridized carbons (Fsp3) is 0.0476.